The molecule has 0 aliphatic rings. The Bertz CT molecular complexity index is 309. The summed E-state index contributed by atoms with van der Waals surface area (Å²) in [6.07, 6.45) is 1.30. The highest BCUT2D eigenvalue weighted by atomic mass is 79.9. The van der Waals surface area contributed by atoms with Crippen molar-refractivity contribution in [3.63, 3.8) is 0 Å². The second-order valence-electron chi connectivity index (χ2n) is 3.26. The van der Waals surface area contributed by atoms with E-state index in [2.05, 4.69) is 15.9 Å². The lowest BCUT2D eigenvalue weighted by Gasteiger charge is -2.10. The van der Waals surface area contributed by atoms with Gasteiger partial charge in [0.1, 0.15) is 5.78 Å². The number of carbonyl (C=O) groups excluding carboxylic acids is 1. The number of rotatable bonds is 5. The average Bonchev–Trinajstić information content (AvgIpc) is 2.50. The molecule has 0 aliphatic carbocycles. The second-order valence-corrected chi connectivity index (χ2v) is 5.17. The Labute approximate surface area is 96.1 Å². The molecular formula is C10H13BrO2S. The smallest absolute Gasteiger partial charge is 0.133 e. The van der Waals surface area contributed by atoms with Gasteiger partial charge in [0.25, 0.3) is 0 Å². The van der Waals surface area contributed by atoms with Gasteiger partial charge >= 0.3 is 0 Å². The Morgan fingerprint density at radius 2 is 2.43 bits per heavy atom. The van der Waals surface area contributed by atoms with Crippen molar-refractivity contribution in [2.45, 2.75) is 19.8 Å². The molecule has 0 saturated heterocycles. The number of hydrogen-bond donors (Lipinski definition) is 1. The molecule has 2 nitrogen and oxygen atoms in total. The molecule has 0 spiro atoms. The van der Waals surface area contributed by atoms with E-state index in [1.54, 1.807) is 18.3 Å². The van der Waals surface area contributed by atoms with Crippen molar-refractivity contribution >= 4 is 33.0 Å². The fourth-order valence-corrected chi connectivity index (χ4v) is 2.84. The van der Waals surface area contributed by atoms with Crippen LogP contribution in [-0.2, 0) is 11.2 Å². The van der Waals surface area contributed by atoms with Crippen LogP contribution >= 0.6 is 27.3 Å². The van der Waals surface area contributed by atoms with Gasteiger partial charge in [-0.05, 0) is 41.8 Å². The summed E-state index contributed by atoms with van der Waals surface area (Å²) in [5.41, 5.74) is 0. The van der Waals surface area contributed by atoms with Gasteiger partial charge in [-0.25, -0.2) is 0 Å². The van der Waals surface area contributed by atoms with Crippen LogP contribution in [0.3, 0.4) is 0 Å². The van der Waals surface area contributed by atoms with Crippen LogP contribution in [0.5, 0.6) is 0 Å². The number of aliphatic hydroxyl groups is 1. The maximum atomic E-state index is 11.2. The highest BCUT2D eigenvalue weighted by Gasteiger charge is 2.15. The van der Waals surface area contributed by atoms with Crippen LogP contribution in [0, 0.1) is 5.92 Å². The van der Waals surface area contributed by atoms with Crippen LogP contribution in [0.2, 0.25) is 0 Å². The van der Waals surface area contributed by atoms with Gasteiger partial charge in [-0.3, -0.25) is 4.79 Å². The minimum absolute atomic E-state index is 0.0365. The molecule has 14 heavy (non-hydrogen) atoms. The molecule has 1 aromatic rings. The molecule has 0 aromatic carbocycles. The van der Waals surface area contributed by atoms with E-state index in [9.17, 15) is 4.79 Å². The Morgan fingerprint density at radius 3 is 2.86 bits per heavy atom. The molecular weight excluding hydrogens is 264 g/mol. The first kappa shape index (κ1) is 11.9. The normalized spacial score (nSPS) is 12.8. The topological polar surface area (TPSA) is 37.3 Å². The van der Waals surface area contributed by atoms with E-state index in [0.29, 0.717) is 6.42 Å². The molecule has 0 fully saturated rings. The molecule has 0 radical (unpaired) electrons. The molecule has 1 atom stereocenters. The Hall–Kier alpha value is -0.190. The van der Waals surface area contributed by atoms with Crippen molar-refractivity contribution in [1.82, 2.24) is 0 Å². The number of hydrogen-bond acceptors (Lipinski definition) is 3. The number of carbonyl (C=O) groups is 1. The number of ketones is 1. The predicted molar refractivity (Wildman–Crippen MR) is 61.6 cm³/mol. The van der Waals surface area contributed by atoms with Crippen LogP contribution in [0.15, 0.2) is 15.9 Å². The summed E-state index contributed by atoms with van der Waals surface area (Å²) in [6, 6.07) is 2.03. The minimum atomic E-state index is -0.0365. The van der Waals surface area contributed by atoms with Crippen molar-refractivity contribution in [3.05, 3.63) is 20.8 Å². The summed E-state index contributed by atoms with van der Waals surface area (Å²) in [4.78, 5) is 12.4. The highest BCUT2D eigenvalue weighted by Crippen LogP contribution is 2.23. The van der Waals surface area contributed by atoms with Crippen molar-refractivity contribution in [2.24, 2.45) is 5.92 Å². The molecule has 0 bridgehead atoms. The lowest BCUT2D eigenvalue weighted by atomic mass is 9.97. The number of Topliss-reactive ketones (excluding diaryl/α,β-unsaturated/α-hetero) is 1. The van der Waals surface area contributed by atoms with Crippen LogP contribution in [-0.4, -0.2) is 17.5 Å². The van der Waals surface area contributed by atoms with E-state index >= 15 is 0 Å². The zero-order chi connectivity index (χ0) is 10.6. The lowest BCUT2D eigenvalue weighted by molar-refractivity contribution is -0.121. The van der Waals surface area contributed by atoms with Crippen LogP contribution in [0.4, 0.5) is 0 Å². The van der Waals surface area contributed by atoms with E-state index in [1.165, 1.54) is 4.88 Å². The lowest BCUT2D eigenvalue weighted by Crippen LogP contribution is -2.14. The highest BCUT2D eigenvalue weighted by molar-refractivity contribution is 9.10. The molecule has 0 aliphatic heterocycles. The number of aliphatic hydroxyl groups excluding tert-OH is 1. The second kappa shape index (κ2) is 5.63. The summed E-state index contributed by atoms with van der Waals surface area (Å²) in [7, 11) is 0. The maximum absolute atomic E-state index is 11.2. The first-order valence-electron chi connectivity index (χ1n) is 4.47. The first-order valence-corrected chi connectivity index (χ1v) is 6.15. The zero-order valence-electron chi connectivity index (χ0n) is 8.00. The van der Waals surface area contributed by atoms with Crippen LogP contribution in [0.25, 0.3) is 0 Å². The predicted octanol–water partition coefficient (Wildman–Crippen LogP) is 2.64. The number of thiophene rings is 1. The van der Waals surface area contributed by atoms with E-state index in [1.807, 2.05) is 11.4 Å². The summed E-state index contributed by atoms with van der Waals surface area (Å²) < 4.78 is 1.06. The molecule has 1 N–H and O–H groups in total. The molecule has 4 heteroatoms. The molecule has 1 rings (SSSR count). The van der Waals surface area contributed by atoms with Gasteiger partial charge < -0.3 is 5.11 Å². The van der Waals surface area contributed by atoms with Crippen molar-refractivity contribution in [3.8, 4) is 0 Å². The third-order valence-electron chi connectivity index (χ3n) is 2.12. The van der Waals surface area contributed by atoms with E-state index in [0.717, 1.165) is 10.9 Å². The summed E-state index contributed by atoms with van der Waals surface area (Å²) in [5, 5.41) is 10.8. The molecule has 0 amide bonds. The number of halogens is 1. The summed E-state index contributed by atoms with van der Waals surface area (Å²) >= 11 is 5.01. The zero-order valence-corrected chi connectivity index (χ0v) is 10.4. The van der Waals surface area contributed by atoms with Gasteiger partial charge in [-0.15, -0.1) is 11.3 Å². The molecule has 1 unspecified atom stereocenters. The van der Waals surface area contributed by atoms with Gasteiger partial charge in [-0.2, -0.15) is 0 Å². The molecule has 0 saturated carbocycles. The van der Waals surface area contributed by atoms with Crippen molar-refractivity contribution in [1.29, 1.82) is 0 Å². The third-order valence-corrected chi connectivity index (χ3v) is 3.84. The minimum Gasteiger partial charge on any atom is -0.396 e. The maximum Gasteiger partial charge on any atom is 0.133 e. The van der Waals surface area contributed by atoms with E-state index < -0.39 is 0 Å². The fraction of sp³-hybridized carbons (Fsp3) is 0.500. The van der Waals surface area contributed by atoms with Crippen LogP contribution < -0.4 is 0 Å². The Morgan fingerprint density at radius 1 is 1.71 bits per heavy atom. The van der Waals surface area contributed by atoms with Crippen molar-refractivity contribution in [2.75, 3.05) is 6.61 Å². The monoisotopic (exact) mass is 276 g/mol. The summed E-state index contributed by atoms with van der Waals surface area (Å²) in [5.74, 6) is 0.120. The molecule has 78 valence electrons. The molecule has 1 aromatic heterocycles. The van der Waals surface area contributed by atoms with E-state index in [4.69, 9.17) is 5.11 Å². The van der Waals surface area contributed by atoms with Crippen molar-refractivity contribution < 1.29 is 9.90 Å². The standard InChI is InChI=1S/C10H13BrO2S/c1-7(13)8(2-3-12)4-10-5-9(11)6-14-10/h5-6,8,12H,2-4H2,1H3. The Kier molecular flexibility index (Phi) is 4.78. The van der Waals surface area contributed by atoms with Gasteiger partial charge in [-0.1, -0.05) is 0 Å². The summed E-state index contributed by atoms with van der Waals surface area (Å²) in [6.45, 7) is 1.67. The SMILES string of the molecule is CC(=O)C(CCO)Cc1cc(Br)cs1. The quantitative estimate of drug-likeness (QED) is 0.898. The Balaban J connectivity index is 2.59. The van der Waals surface area contributed by atoms with Gasteiger partial charge in [0.15, 0.2) is 0 Å². The molecule has 1 heterocycles. The average molecular weight is 277 g/mol. The van der Waals surface area contributed by atoms with Gasteiger partial charge in [0.2, 0.25) is 0 Å². The fourth-order valence-electron chi connectivity index (χ4n) is 1.31. The van der Waals surface area contributed by atoms with Crippen LogP contribution in [0.1, 0.15) is 18.2 Å². The van der Waals surface area contributed by atoms with Gasteiger partial charge in [0, 0.05) is 27.3 Å². The largest absolute Gasteiger partial charge is 0.396 e. The van der Waals surface area contributed by atoms with Gasteiger partial charge in [0.05, 0.1) is 0 Å². The third kappa shape index (κ3) is 3.52. The van der Waals surface area contributed by atoms with E-state index in [-0.39, 0.29) is 18.3 Å². The first-order chi connectivity index (χ1) is 6.63.